The van der Waals surface area contributed by atoms with E-state index in [0.29, 0.717) is 10.8 Å². The number of nitrogens with zero attached hydrogens (tertiary/aromatic N) is 4. The second-order valence-corrected chi connectivity index (χ2v) is 6.24. The molecule has 108 valence electrons. The van der Waals surface area contributed by atoms with E-state index in [-0.39, 0.29) is 16.3 Å². The molecular weight excluding hydrogens is 278 g/mol. The number of aromatic nitrogens is 2. The summed E-state index contributed by atoms with van der Waals surface area (Å²) in [5.74, 6) is 0.578. The summed E-state index contributed by atoms with van der Waals surface area (Å²) in [7, 11) is 1.96. The second kappa shape index (κ2) is 4.71. The van der Waals surface area contributed by atoms with Crippen LogP contribution >= 0.6 is 11.3 Å². The molecule has 2 aromatic rings. The van der Waals surface area contributed by atoms with Crippen LogP contribution in [0.5, 0.6) is 0 Å². The third-order valence-corrected chi connectivity index (χ3v) is 4.92. The lowest BCUT2D eigenvalue weighted by atomic mass is 9.90. The molecular formula is C12H17N5O2S. The van der Waals surface area contributed by atoms with Crippen molar-refractivity contribution >= 4 is 27.9 Å². The Balaban J connectivity index is 1.93. The van der Waals surface area contributed by atoms with Crippen molar-refractivity contribution in [2.24, 2.45) is 0 Å². The summed E-state index contributed by atoms with van der Waals surface area (Å²) in [5.41, 5.74) is 0.113. The summed E-state index contributed by atoms with van der Waals surface area (Å²) < 4.78 is 1.56. The quantitative estimate of drug-likeness (QED) is 0.691. The standard InChI is InChI=1S/C12H17N5O2S/c1-12(13-2)3-5-15(6-4-12)9-10(17(18)19)16-7-8-20-11(16)14-9/h7-8,13H,3-6H2,1-2H3. The summed E-state index contributed by atoms with van der Waals surface area (Å²) >= 11 is 1.42. The molecule has 1 aliphatic rings. The van der Waals surface area contributed by atoms with Crippen molar-refractivity contribution in [2.45, 2.75) is 25.3 Å². The number of anilines is 1. The van der Waals surface area contributed by atoms with Gasteiger partial charge in [0, 0.05) is 24.0 Å². The van der Waals surface area contributed by atoms with Gasteiger partial charge in [-0.1, -0.05) is 11.3 Å². The monoisotopic (exact) mass is 295 g/mol. The number of rotatable bonds is 3. The summed E-state index contributed by atoms with van der Waals surface area (Å²) in [6.45, 7) is 3.75. The van der Waals surface area contributed by atoms with E-state index in [2.05, 4.69) is 17.2 Å². The van der Waals surface area contributed by atoms with Crippen molar-refractivity contribution in [1.82, 2.24) is 14.7 Å². The average Bonchev–Trinajstić information content (AvgIpc) is 2.99. The SMILES string of the molecule is CNC1(C)CCN(c2nc3sccn3c2[N+](=O)[O-])CC1. The molecule has 8 heteroatoms. The fourth-order valence-electron chi connectivity index (χ4n) is 2.61. The van der Waals surface area contributed by atoms with E-state index in [9.17, 15) is 10.1 Å². The number of nitrogens with one attached hydrogen (secondary N) is 1. The van der Waals surface area contributed by atoms with E-state index in [1.165, 1.54) is 11.3 Å². The number of fused-ring (bicyclic) bond motifs is 1. The highest BCUT2D eigenvalue weighted by Crippen LogP contribution is 2.34. The van der Waals surface area contributed by atoms with Gasteiger partial charge in [-0.2, -0.15) is 9.38 Å². The minimum absolute atomic E-state index is 0.0781. The molecule has 1 aliphatic heterocycles. The average molecular weight is 295 g/mol. The zero-order valence-corrected chi connectivity index (χ0v) is 12.3. The molecule has 0 saturated carbocycles. The van der Waals surface area contributed by atoms with Gasteiger partial charge in [0.1, 0.15) is 6.20 Å². The van der Waals surface area contributed by atoms with Crippen LogP contribution in [0.2, 0.25) is 0 Å². The maximum Gasteiger partial charge on any atom is 0.373 e. The molecule has 0 amide bonds. The molecule has 0 bridgehead atoms. The van der Waals surface area contributed by atoms with Gasteiger partial charge < -0.3 is 20.3 Å². The second-order valence-electron chi connectivity index (χ2n) is 5.37. The molecule has 0 atom stereocenters. The molecule has 0 aromatic carbocycles. The highest BCUT2D eigenvalue weighted by molar-refractivity contribution is 7.15. The van der Waals surface area contributed by atoms with E-state index in [1.54, 1.807) is 10.6 Å². The normalized spacial score (nSPS) is 18.6. The lowest BCUT2D eigenvalue weighted by Gasteiger charge is -2.39. The number of piperidine rings is 1. The molecule has 1 saturated heterocycles. The molecule has 3 heterocycles. The smallest absolute Gasteiger partial charge is 0.358 e. The van der Waals surface area contributed by atoms with Crippen LogP contribution in [0.1, 0.15) is 19.8 Å². The van der Waals surface area contributed by atoms with E-state index in [4.69, 9.17) is 0 Å². The van der Waals surface area contributed by atoms with Gasteiger partial charge in [0.15, 0.2) is 0 Å². The summed E-state index contributed by atoms with van der Waals surface area (Å²) in [6.07, 6.45) is 3.61. The molecule has 2 aromatic heterocycles. The highest BCUT2D eigenvalue weighted by atomic mass is 32.1. The Morgan fingerprint density at radius 3 is 2.80 bits per heavy atom. The fraction of sp³-hybridized carbons (Fsp3) is 0.583. The molecule has 0 unspecified atom stereocenters. The number of imidazole rings is 1. The number of hydrogen-bond donors (Lipinski definition) is 1. The van der Waals surface area contributed by atoms with Gasteiger partial charge >= 0.3 is 5.82 Å². The van der Waals surface area contributed by atoms with Crippen LogP contribution in [0.15, 0.2) is 11.6 Å². The van der Waals surface area contributed by atoms with Crippen LogP contribution in [0.25, 0.3) is 4.96 Å². The van der Waals surface area contributed by atoms with Gasteiger partial charge in [-0.3, -0.25) is 0 Å². The minimum atomic E-state index is -0.339. The first-order valence-electron chi connectivity index (χ1n) is 6.58. The first kappa shape index (κ1) is 13.3. The van der Waals surface area contributed by atoms with Crippen molar-refractivity contribution in [1.29, 1.82) is 0 Å². The van der Waals surface area contributed by atoms with E-state index in [0.717, 1.165) is 25.9 Å². The Morgan fingerprint density at radius 1 is 1.50 bits per heavy atom. The van der Waals surface area contributed by atoms with E-state index < -0.39 is 0 Å². The van der Waals surface area contributed by atoms with Crippen molar-refractivity contribution < 1.29 is 4.92 Å². The molecule has 0 radical (unpaired) electrons. The maximum absolute atomic E-state index is 11.3. The largest absolute Gasteiger partial charge is 0.373 e. The van der Waals surface area contributed by atoms with Crippen LogP contribution in [0, 0.1) is 10.1 Å². The van der Waals surface area contributed by atoms with Crippen LogP contribution in [0.3, 0.4) is 0 Å². The Kier molecular flexibility index (Phi) is 3.14. The summed E-state index contributed by atoms with van der Waals surface area (Å²) in [4.78, 5) is 18.1. The Labute approximate surface area is 120 Å². The van der Waals surface area contributed by atoms with Crippen molar-refractivity contribution in [2.75, 3.05) is 25.0 Å². The molecule has 7 nitrogen and oxygen atoms in total. The van der Waals surface area contributed by atoms with Crippen LogP contribution < -0.4 is 10.2 Å². The summed E-state index contributed by atoms with van der Waals surface area (Å²) in [5, 5.41) is 16.5. The first-order valence-corrected chi connectivity index (χ1v) is 7.46. The van der Waals surface area contributed by atoms with Crippen LogP contribution in [0.4, 0.5) is 11.6 Å². The maximum atomic E-state index is 11.3. The van der Waals surface area contributed by atoms with Crippen LogP contribution in [-0.2, 0) is 0 Å². The predicted molar refractivity (Wildman–Crippen MR) is 78.6 cm³/mol. The minimum Gasteiger partial charge on any atom is -0.358 e. The highest BCUT2D eigenvalue weighted by Gasteiger charge is 2.34. The number of hydrogen-bond acceptors (Lipinski definition) is 6. The van der Waals surface area contributed by atoms with E-state index >= 15 is 0 Å². The Bertz CT molecular complexity index is 641. The molecule has 3 rings (SSSR count). The van der Waals surface area contributed by atoms with Gasteiger partial charge in [-0.25, -0.2) is 0 Å². The molecule has 1 fully saturated rings. The van der Waals surface area contributed by atoms with Crippen molar-refractivity contribution in [3.63, 3.8) is 0 Å². The topological polar surface area (TPSA) is 75.7 Å². The number of nitro groups is 1. The Hall–Kier alpha value is -1.67. The third-order valence-electron chi connectivity index (χ3n) is 4.16. The van der Waals surface area contributed by atoms with Gasteiger partial charge in [0.25, 0.3) is 4.96 Å². The van der Waals surface area contributed by atoms with Gasteiger partial charge in [0.05, 0.1) is 0 Å². The number of thiazole rings is 1. The van der Waals surface area contributed by atoms with E-state index in [1.807, 2.05) is 17.3 Å². The molecule has 0 spiro atoms. The lowest BCUT2D eigenvalue weighted by molar-refractivity contribution is -0.389. The van der Waals surface area contributed by atoms with Gasteiger partial charge in [0.2, 0.25) is 5.82 Å². The zero-order chi connectivity index (χ0) is 14.3. The predicted octanol–water partition coefficient (Wildman–Crippen LogP) is 1.88. The Morgan fingerprint density at radius 2 is 2.20 bits per heavy atom. The molecule has 20 heavy (non-hydrogen) atoms. The van der Waals surface area contributed by atoms with Gasteiger partial charge in [-0.15, -0.1) is 0 Å². The van der Waals surface area contributed by atoms with Crippen molar-refractivity contribution in [3.05, 3.63) is 21.7 Å². The van der Waals surface area contributed by atoms with Gasteiger partial charge in [-0.05, 0) is 31.7 Å². The first-order chi connectivity index (χ1) is 9.54. The third kappa shape index (κ3) is 2.04. The molecule has 1 N–H and O–H groups in total. The van der Waals surface area contributed by atoms with Crippen molar-refractivity contribution in [3.8, 4) is 0 Å². The van der Waals surface area contributed by atoms with Crippen LogP contribution in [-0.4, -0.2) is 40.0 Å². The summed E-state index contributed by atoms with van der Waals surface area (Å²) in [6, 6.07) is 0. The molecule has 0 aliphatic carbocycles. The fourth-order valence-corrected chi connectivity index (χ4v) is 3.31. The zero-order valence-electron chi connectivity index (χ0n) is 11.5. The lowest BCUT2D eigenvalue weighted by Crippen LogP contribution is -2.50.